The lowest BCUT2D eigenvalue weighted by Gasteiger charge is -2.23. The Morgan fingerprint density at radius 1 is 1.24 bits per heavy atom. The maximum absolute atomic E-state index is 12.6. The topological polar surface area (TPSA) is 59.2 Å². The number of fused-ring (bicyclic) bond motifs is 1. The van der Waals surface area contributed by atoms with Gasteiger partial charge in [0.15, 0.2) is 0 Å². The van der Waals surface area contributed by atoms with Crippen molar-refractivity contribution in [1.29, 1.82) is 0 Å². The van der Waals surface area contributed by atoms with Crippen molar-refractivity contribution >= 4 is 16.8 Å². The van der Waals surface area contributed by atoms with Gasteiger partial charge in [0, 0.05) is 24.7 Å². The van der Waals surface area contributed by atoms with Gasteiger partial charge in [-0.25, -0.2) is 0 Å². The summed E-state index contributed by atoms with van der Waals surface area (Å²) in [5.74, 6) is -0.698. The quantitative estimate of drug-likeness (QED) is 0.941. The van der Waals surface area contributed by atoms with Gasteiger partial charge >= 0.3 is 6.18 Å². The molecule has 2 rings (SSSR count). The Labute approximate surface area is 119 Å². The summed E-state index contributed by atoms with van der Waals surface area (Å²) < 4.78 is 37.7. The number of rotatable bonds is 4. The standard InChI is InChI=1S/C14H14F3N3O/c15-14(16,17)9-20(8-6-18)13(21)11-5-7-19-12-4-2-1-3-10(11)12/h1-5,7H,6,8-9,18H2. The number of benzene rings is 1. The van der Waals surface area contributed by atoms with Crippen molar-refractivity contribution in [3.63, 3.8) is 0 Å². The number of hydrogen-bond donors (Lipinski definition) is 1. The molecule has 112 valence electrons. The first-order chi connectivity index (χ1) is 9.92. The number of para-hydroxylation sites is 1. The fourth-order valence-electron chi connectivity index (χ4n) is 2.08. The van der Waals surface area contributed by atoms with E-state index in [-0.39, 0.29) is 18.7 Å². The Hall–Kier alpha value is -2.15. The van der Waals surface area contributed by atoms with Crippen LogP contribution in [0, 0.1) is 0 Å². The Balaban J connectivity index is 2.39. The Morgan fingerprint density at radius 2 is 1.95 bits per heavy atom. The Morgan fingerprint density at radius 3 is 2.62 bits per heavy atom. The summed E-state index contributed by atoms with van der Waals surface area (Å²) in [5, 5.41) is 0.522. The third-order valence-electron chi connectivity index (χ3n) is 2.94. The molecule has 1 aromatic carbocycles. The lowest BCUT2D eigenvalue weighted by Crippen LogP contribution is -2.41. The molecule has 0 aliphatic rings. The zero-order valence-corrected chi connectivity index (χ0v) is 11.1. The van der Waals surface area contributed by atoms with Gasteiger partial charge in [-0.3, -0.25) is 9.78 Å². The SMILES string of the molecule is NCCN(CC(F)(F)F)C(=O)c1ccnc2ccccc12. The van der Waals surface area contributed by atoms with Crippen LogP contribution in [0.15, 0.2) is 36.5 Å². The second kappa shape index (κ2) is 6.09. The minimum Gasteiger partial charge on any atom is -0.329 e. The van der Waals surface area contributed by atoms with Gasteiger partial charge in [-0.1, -0.05) is 18.2 Å². The lowest BCUT2D eigenvalue weighted by atomic mass is 10.1. The maximum atomic E-state index is 12.6. The predicted molar refractivity (Wildman–Crippen MR) is 72.8 cm³/mol. The number of nitrogens with zero attached hydrogens (tertiary/aromatic N) is 2. The third-order valence-corrected chi connectivity index (χ3v) is 2.94. The number of carbonyl (C=O) groups excluding carboxylic acids is 1. The Kier molecular flexibility index (Phi) is 4.42. The minimum absolute atomic E-state index is 0.0369. The number of alkyl halides is 3. The lowest BCUT2D eigenvalue weighted by molar-refractivity contribution is -0.140. The molecule has 1 heterocycles. The highest BCUT2D eigenvalue weighted by atomic mass is 19.4. The highest BCUT2D eigenvalue weighted by molar-refractivity contribution is 6.05. The molecule has 0 fully saturated rings. The molecule has 0 saturated heterocycles. The van der Waals surface area contributed by atoms with Crippen LogP contribution in [0.3, 0.4) is 0 Å². The van der Waals surface area contributed by atoms with Crippen LogP contribution in [-0.2, 0) is 0 Å². The molecule has 4 nitrogen and oxygen atoms in total. The third kappa shape index (κ3) is 3.69. The Bertz CT molecular complexity index is 637. The molecule has 2 aromatic rings. The highest BCUT2D eigenvalue weighted by Gasteiger charge is 2.33. The van der Waals surface area contributed by atoms with Gasteiger partial charge in [0.1, 0.15) is 6.54 Å². The van der Waals surface area contributed by atoms with Crippen LogP contribution in [0.25, 0.3) is 10.9 Å². The average Bonchev–Trinajstić information content (AvgIpc) is 2.44. The molecule has 2 N–H and O–H groups in total. The van der Waals surface area contributed by atoms with Crippen LogP contribution in [0.4, 0.5) is 13.2 Å². The van der Waals surface area contributed by atoms with Crippen LogP contribution in [0.1, 0.15) is 10.4 Å². The number of carbonyl (C=O) groups is 1. The largest absolute Gasteiger partial charge is 0.406 e. The zero-order chi connectivity index (χ0) is 15.5. The van der Waals surface area contributed by atoms with Crippen molar-refractivity contribution in [2.45, 2.75) is 6.18 Å². The van der Waals surface area contributed by atoms with Gasteiger partial charge in [0.05, 0.1) is 11.1 Å². The fraction of sp³-hybridized carbons (Fsp3) is 0.286. The molecular weight excluding hydrogens is 283 g/mol. The number of halogens is 3. The second-order valence-corrected chi connectivity index (χ2v) is 4.51. The van der Waals surface area contributed by atoms with E-state index >= 15 is 0 Å². The predicted octanol–water partition coefficient (Wildman–Crippen LogP) is 2.20. The molecule has 0 bridgehead atoms. The van der Waals surface area contributed by atoms with E-state index in [0.717, 1.165) is 0 Å². The van der Waals surface area contributed by atoms with Gasteiger partial charge in [-0.2, -0.15) is 13.2 Å². The van der Waals surface area contributed by atoms with E-state index in [4.69, 9.17) is 5.73 Å². The molecule has 0 radical (unpaired) electrons. The van der Waals surface area contributed by atoms with E-state index < -0.39 is 18.6 Å². The van der Waals surface area contributed by atoms with Gasteiger partial charge < -0.3 is 10.6 Å². The highest BCUT2D eigenvalue weighted by Crippen LogP contribution is 2.21. The molecule has 1 amide bonds. The van der Waals surface area contributed by atoms with E-state index in [1.165, 1.54) is 12.3 Å². The van der Waals surface area contributed by atoms with Crippen LogP contribution in [0.2, 0.25) is 0 Å². The molecule has 0 aliphatic carbocycles. The van der Waals surface area contributed by atoms with Crippen LogP contribution in [-0.4, -0.2) is 41.6 Å². The number of nitrogens with two attached hydrogens (primary N) is 1. The minimum atomic E-state index is -4.46. The monoisotopic (exact) mass is 297 g/mol. The van der Waals surface area contributed by atoms with Crippen molar-refractivity contribution in [2.75, 3.05) is 19.6 Å². The number of aromatic nitrogens is 1. The molecule has 0 aliphatic heterocycles. The molecule has 7 heteroatoms. The van der Waals surface area contributed by atoms with E-state index in [1.807, 2.05) is 0 Å². The van der Waals surface area contributed by atoms with Gasteiger partial charge in [-0.15, -0.1) is 0 Å². The van der Waals surface area contributed by atoms with Crippen molar-refractivity contribution in [2.24, 2.45) is 5.73 Å². The molecule has 0 atom stereocenters. The number of amides is 1. The second-order valence-electron chi connectivity index (χ2n) is 4.51. The summed E-state index contributed by atoms with van der Waals surface area (Å²) in [4.78, 5) is 17.2. The first kappa shape index (κ1) is 15.2. The van der Waals surface area contributed by atoms with Crippen molar-refractivity contribution in [3.05, 3.63) is 42.1 Å². The van der Waals surface area contributed by atoms with Gasteiger partial charge in [0.2, 0.25) is 0 Å². The first-order valence-corrected chi connectivity index (χ1v) is 6.32. The van der Waals surface area contributed by atoms with Gasteiger partial charge in [-0.05, 0) is 12.1 Å². The number of pyridine rings is 1. The first-order valence-electron chi connectivity index (χ1n) is 6.32. The summed E-state index contributed by atoms with van der Waals surface area (Å²) in [6.07, 6.45) is -3.06. The van der Waals surface area contributed by atoms with Crippen molar-refractivity contribution in [3.8, 4) is 0 Å². The maximum Gasteiger partial charge on any atom is 0.406 e. The molecule has 21 heavy (non-hydrogen) atoms. The van der Waals surface area contributed by atoms with E-state index in [2.05, 4.69) is 4.98 Å². The van der Waals surface area contributed by atoms with Gasteiger partial charge in [0.25, 0.3) is 5.91 Å². The van der Waals surface area contributed by atoms with E-state index in [0.29, 0.717) is 15.8 Å². The van der Waals surface area contributed by atoms with E-state index in [1.54, 1.807) is 24.3 Å². The molecular formula is C14H14F3N3O. The van der Waals surface area contributed by atoms with Crippen molar-refractivity contribution in [1.82, 2.24) is 9.88 Å². The molecule has 0 saturated carbocycles. The molecule has 0 unspecified atom stereocenters. The van der Waals surface area contributed by atoms with Crippen LogP contribution >= 0.6 is 0 Å². The normalized spacial score (nSPS) is 11.6. The summed E-state index contributed by atoms with van der Waals surface area (Å²) in [5.41, 5.74) is 6.05. The van der Waals surface area contributed by atoms with E-state index in [9.17, 15) is 18.0 Å². The summed E-state index contributed by atoms with van der Waals surface area (Å²) in [6, 6.07) is 8.23. The molecule has 0 spiro atoms. The average molecular weight is 297 g/mol. The van der Waals surface area contributed by atoms with Crippen LogP contribution < -0.4 is 5.73 Å². The fourth-order valence-corrected chi connectivity index (χ4v) is 2.08. The smallest absolute Gasteiger partial charge is 0.329 e. The molecule has 1 aromatic heterocycles. The number of hydrogen-bond acceptors (Lipinski definition) is 3. The zero-order valence-electron chi connectivity index (χ0n) is 11.1. The summed E-state index contributed by atoms with van der Waals surface area (Å²) in [7, 11) is 0. The van der Waals surface area contributed by atoms with Crippen LogP contribution in [0.5, 0.6) is 0 Å². The summed E-state index contributed by atoms with van der Waals surface area (Å²) in [6.45, 7) is -1.51. The summed E-state index contributed by atoms with van der Waals surface area (Å²) >= 11 is 0. The van der Waals surface area contributed by atoms with Crippen molar-refractivity contribution < 1.29 is 18.0 Å².